The zero-order valence-corrected chi connectivity index (χ0v) is 12.1. The highest BCUT2D eigenvalue weighted by molar-refractivity contribution is 9.12. The van der Waals surface area contributed by atoms with Gasteiger partial charge < -0.3 is 0 Å². The van der Waals surface area contributed by atoms with Crippen LogP contribution in [-0.2, 0) is 15.6 Å². The summed E-state index contributed by atoms with van der Waals surface area (Å²) < 4.78 is 23.4. The molecule has 1 aromatic carbocycles. The fourth-order valence-electron chi connectivity index (χ4n) is 1.21. The van der Waals surface area contributed by atoms with Crippen molar-refractivity contribution in [3.63, 3.8) is 0 Å². The van der Waals surface area contributed by atoms with Crippen molar-refractivity contribution in [3.05, 3.63) is 35.9 Å². The smallest absolute Gasteiger partial charge is 0.155 e. The molecule has 0 N–H and O–H groups in total. The van der Waals surface area contributed by atoms with Gasteiger partial charge in [0.25, 0.3) is 0 Å². The molecule has 1 rings (SSSR count). The molecule has 0 unspecified atom stereocenters. The molecule has 0 fully saturated rings. The van der Waals surface area contributed by atoms with Gasteiger partial charge in [-0.2, -0.15) is 0 Å². The van der Waals surface area contributed by atoms with Gasteiger partial charge in [0.1, 0.15) is 0 Å². The summed E-state index contributed by atoms with van der Waals surface area (Å²) in [6.45, 7) is 0. The Morgan fingerprint density at radius 2 is 1.80 bits per heavy atom. The third-order valence-corrected chi connectivity index (χ3v) is 6.24. The summed E-state index contributed by atoms with van der Waals surface area (Å²) in [5.74, 6) is 0.274. The van der Waals surface area contributed by atoms with Gasteiger partial charge in [0.15, 0.2) is 9.84 Å². The number of benzene rings is 1. The lowest BCUT2D eigenvalue weighted by atomic mass is 10.2. The van der Waals surface area contributed by atoms with Crippen molar-refractivity contribution in [2.45, 2.75) is 10.6 Å². The lowest BCUT2D eigenvalue weighted by Crippen LogP contribution is -2.18. The molecule has 1 atom stereocenters. The first kappa shape index (κ1) is 13.2. The monoisotopic (exact) mass is 354 g/mol. The van der Waals surface area contributed by atoms with E-state index in [2.05, 4.69) is 31.9 Å². The zero-order chi connectivity index (χ0) is 11.3. The number of alkyl halides is 2. The Hall–Kier alpha value is 0.130. The number of hydrogen-bond acceptors (Lipinski definition) is 2. The highest BCUT2D eigenvalue weighted by Crippen LogP contribution is 2.12. The molecule has 0 aliphatic carbocycles. The number of sulfone groups is 1. The second kappa shape index (κ2) is 6.01. The van der Waals surface area contributed by atoms with Crippen molar-refractivity contribution >= 4 is 41.7 Å². The molecule has 0 radical (unpaired) electrons. The Kier molecular flexibility index (Phi) is 5.29. The van der Waals surface area contributed by atoms with Crippen LogP contribution in [0.1, 0.15) is 5.56 Å². The fraction of sp³-hybridized carbons (Fsp3) is 0.400. The minimum atomic E-state index is -3.02. The summed E-state index contributed by atoms with van der Waals surface area (Å²) in [5, 5.41) is 0.640. The summed E-state index contributed by atoms with van der Waals surface area (Å²) in [4.78, 5) is -0.0220. The number of halogens is 2. The molecule has 0 aromatic heterocycles. The molecule has 84 valence electrons. The second-order valence-electron chi connectivity index (χ2n) is 3.29. The molecule has 5 heteroatoms. The molecular formula is C10H12Br2O2S. The van der Waals surface area contributed by atoms with Crippen LogP contribution in [0.25, 0.3) is 0 Å². The molecule has 1 aromatic rings. The van der Waals surface area contributed by atoms with E-state index in [1.165, 1.54) is 0 Å². The van der Waals surface area contributed by atoms with Crippen LogP contribution in [0, 0.1) is 0 Å². The first-order valence-corrected chi connectivity index (χ1v) is 8.34. The Morgan fingerprint density at radius 3 is 2.33 bits per heavy atom. The van der Waals surface area contributed by atoms with Crippen molar-refractivity contribution < 1.29 is 8.42 Å². The van der Waals surface area contributed by atoms with E-state index < -0.39 is 9.84 Å². The van der Waals surface area contributed by atoms with E-state index in [4.69, 9.17) is 0 Å². The van der Waals surface area contributed by atoms with Gasteiger partial charge >= 0.3 is 0 Å². The molecule has 0 spiro atoms. The molecule has 0 aliphatic rings. The molecule has 2 nitrogen and oxygen atoms in total. The van der Waals surface area contributed by atoms with E-state index in [-0.39, 0.29) is 16.3 Å². The molecule has 15 heavy (non-hydrogen) atoms. The summed E-state index contributed by atoms with van der Waals surface area (Å²) in [5.41, 5.74) is 0.840. The predicted molar refractivity (Wildman–Crippen MR) is 70.4 cm³/mol. The summed E-state index contributed by atoms with van der Waals surface area (Å²) in [6, 6.07) is 9.23. The highest BCUT2D eigenvalue weighted by Gasteiger charge is 2.16. The van der Waals surface area contributed by atoms with Crippen LogP contribution in [0.4, 0.5) is 0 Å². The molecular weight excluding hydrogens is 344 g/mol. The maximum absolute atomic E-state index is 11.7. The van der Waals surface area contributed by atoms with Crippen LogP contribution < -0.4 is 0 Å². The normalized spacial score (nSPS) is 13.7. The third kappa shape index (κ3) is 5.13. The van der Waals surface area contributed by atoms with Crippen LogP contribution in [0.15, 0.2) is 30.3 Å². The topological polar surface area (TPSA) is 34.1 Å². The molecule has 0 saturated heterocycles. The average Bonchev–Trinajstić information content (AvgIpc) is 2.17. The van der Waals surface area contributed by atoms with Crippen LogP contribution in [-0.4, -0.2) is 24.3 Å². The standard InChI is InChI=1S/C10H12Br2O2S/c11-6-10(12)8-15(13,14)7-9-4-2-1-3-5-9/h1-5,10H,6-8H2/t10-/m1/s1. The van der Waals surface area contributed by atoms with E-state index in [1.807, 2.05) is 30.3 Å². The summed E-state index contributed by atoms with van der Waals surface area (Å²) in [7, 11) is -3.02. The van der Waals surface area contributed by atoms with Crippen molar-refractivity contribution in [1.82, 2.24) is 0 Å². The molecule has 0 saturated carbocycles. The first-order chi connectivity index (χ1) is 7.03. The van der Waals surface area contributed by atoms with Gasteiger partial charge in [-0.1, -0.05) is 62.2 Å². The van der Waals surface area contributed by atoms with Crippen molar-refractivity contribution in [2.75, 3.05) is 11.1 Å². The summed E-state index contributed by atoms with van der Waals surface area (Å²) >= 11 is 6.54. The van der Waals surface area contributed by atoms with Gasteiger partial charge in [-0.15, -0.1) is 0 Å². The predicted octanol–water partition coefficient (Wildman–Crippen LogP) is 2.76. The number of rotatable bonds is 5. The zero-order valence-electron chi connectivity index (χ0n) is 8.07. The van der Waals surface area contributed by atoms with Crippen molar-refractivity contribution in [1.29, 1.82) is 0 Å². The van der Waals surface area contributed by atoms with E-state index in [0.717, 1.165) is 5.56 Å². The van der Waals surface area contributed by atoms with Crippen molar-refractivity contribution in [2.24, 2.45) is 0 Å². The van der Waals surface area contributed by atoms with Gasteiger partial charge in [0.05, 0.1) is 11.5 Å². The first-order valence-electron chi connectivity index (χ1n) is 4.48. The van der Waals surface area contributed by atoms with E-state index in [0.29, 0.717) is 5.33 Å². The van der Waals surface area contributed by atoms with E-state index in [9.17, 15) is 8.42 Å². The summed E-state index contributed by atoms with van der Waals surface area (Å²) in [6.07, 6.45) is 0. The maximum atomic E-state index is 11.7. The molecule has 0 amide bonds. The van der Waals surface area contributed by atoms with Gasteiger partial charge in [-0.05, 0) is 5.56 Å². The largest absolute Gasteiger partial charge is 0.228 e. The SMILES string of the molecule is O=S(=O)(Cc1ccccc1)C[C@H](Br)CBr. The Labute approximate surface area is 107 Å². The van der Waals surface area contributed by atoms with Gasteiger partial charge in [0.2, 0.25) is 0 Å². The van der Waals surface area contributed by atoms with E-state index in [1.54, 1.807) is 0 Å². The quantitative estimate of drug-likeness (QED) is 0.761. The Bertz CT molecular complexity index is 389. The minimum absolute atomic E-state index is 0.0220. The lowest BCUT2D eigenvalue weighted by Gasteiger charge is -2.07. The minimum Gasteiger partial charge on any atom is -0.228 e. The van der Waals surface area contributed by atoms with Crippen LogP contribution in [0.5, 0.6) is 0 Å². The molecule has 0 heterocycles. The van der Waals surface area contributed by atoms with Crippen molar-refractivity contribution in [3.8, 4) is 0 Å². The van der Waals surface area contributed by atoms with Crippen LogP contribution in [0.2, 0.25) is 0 Å². The Balaban J connectivity index is 2.65. The van der Waals surface area contributed by atoms with E-state index >= 15 is 0 Å². The lowest BCUT2D eigenvalue weighted by molar-refractivity contribution is 0.595. The Morgan fingerprint density at radius 1 is 1.20 bits per heavy atom. The number of hydrogen-bond donors (Lipinski definition) is 0. The highest BCUT2D eigenvalue weighted by atomic mass is 79.9. The van der Waals surface area contributed by atoms with Gasteiger partial charge in [-0.3, -0.25) is 0 Å². The van der Waals surface area contributed by atoms with Gasteiger partial charge in [0, 0.05) is 10.2 Å². The second-order valence-corrected chi connectivity index (χ2v) is 7.34. The maximum Gasteiger partial charge on any atom is 0.155 e. The average molecular weight is 356 g/mol. The molecule has 0 bridgehead atoms. The fourth-order valence-corrected chi connectivity index (χ4v) is 4.43. The van der Waals surface area contributed by atoms with Gasteiger partial charge in [-0.25, -0.2) is 8.42 Å². The van der Waals surface area contributed by atoms with Crippen LogP contribution in [0.3, 0.4) is 0 Å². The van der Waals surface area contributed by atoms with Crippen LogP contribution >= 0.6 is 31.9 Å². The third-order valence-electron chi connectivity index (χ3n) is 1.83. The molecule has 0 aliphatic heterocycles.